The number of hydrogen-bond donors (Lipinski definition) is 0. The Kier molecular flexibility index (Phi) is 4.88. The van der Waals surface area contributed by atoms with Gasteiger partial charge >= 0.3 is 0 Å². The van der Waals surface area contributed by atoms with Crippen LogP contribution in [0.4, 0.5) is 5.82 Å². The largest absolute Gasteiger partial charge is 0.351 e. The maximum Gasteiger partial charge on any atom is 0.133 e. The molecule has 0 unspecified atom stereocenters. The first-order valence-corrected chi connectivity index (χ1v) is 9.00. The number of rotatable bonds is 4. The molecule has 3 aromatic heterocycles. The number of nitrogens with zero attached hydrogens (tertiary/aromatic N) is 5. The van der Waals surface area contributed by atoms with Crippen molar-refractivity contribution in [2.75, 3.05) is 18.0 Å². The Morgan fingerprint density at radius 3 is 2.73 bits per heavy atom. The van der Waals surface area contributed by atoms with Crippen molar-refractivity contribution < 1.29 is 0 Å². The van der Waals surface area contributed by atoms with E-state index in [9.17, 15) is 0 Å². The molecule has 0 aromatic carbocycles. The summed E-state index contributed by atoms with van der Waals surface area (Å²) in [4.78, 5) is 18.4. The second-order valence-electron chi connectivity index (χ2n) is 6.75. The molecule has 4 rings (SSSR count). The molecule has 0 saturated carbocycles. The predicted octanol–water partition coefficient (Wildman–Crippen LogP) is 3.20. The van der Waals surface area contributed by atoms with Gasteiger partial charge in [-0.05, 0) is 36.8 Å². The van der Waals surface area contributed by atoms with Crippen LogP contribution in [0.25, 0.3) is 0 Å². The Balaban J connectivity index is 1.55. The van der Waals surface area contributed by atoms with Crippen LogP contribution in [0.15, 0.2) is 61.1 Å². The van der Waals surface area contributed by atoms with Crippen LogP contribution in [-0.2, 0) is 19.6 Å². The van der Waals surface area contributed by atoms with E-state index in [1.54, 1.807) is 0 Å². The summed E-state index contributed by atoms with van der Waals surface area (Å²) in [5.41, 5.74) is 4.66. The molecule has 0 N–H and O–H groups in total. The van der Waals surface area contributed by atoms with Crippen molar-refractivity contribution in [2.45, 2.75) is 26.6 Å². The van der Waals surface area contributed by atoms with E-state index >= 15 is 0 Å². The van der Waals surface area contributed by atoms with Crippen molar-refractivity contribution in [2.24, 2.45) is 0 Å². The molecule has 0 amide bonds. The standard InChI is InChI=1S/C21H23N5/c1-17-5-2-8-20(24-17)16-25-11-12-26(14-18-6-3-9-22-13-18)21-19(15-25)7-4-10-23-21/h2-10,13H,11-12,14-16H2,1H3. The number of aryl methyl sites for hydroxylation is 1. The van der Waals surface area contributed by atoms with Gasteiger partial charge in [-0.1, -0.05) is 18.2 Å². The van der Waals surface area contributed by atoms with Crippen LogP contribution < -0.4 is 4.90 Å². The molecule has 0 bridgehead atoms. The maximum atomic E-state index is 4.68. The number of hydrogen-bond acceptors (Lipinski definition) is 5. The van der Waals surface area contributed by atoms with Gasteiger partial charge in [-0.2, -0.15) is 0 Å². The van der Waals surface area contributed by atoms with Gasteiger partial charge < -0.3 is 4.90 Å². The topological polar surface area (TPSA) is 45.2 Å². The monoisotopic (exact) mass is 345 g/mol. The lowest BCUT2D eigenvalue weighted by molar-refractivity contribution is 0.265. The molecule has 1 aliphatic heterocycles. The predicted molar refractivity (Wildman–Crippen MR) is 103 cm³/mol. The van der Waals surface area contributed by atoms with E-state index in [-0.39, 0.29) is 0 Å². The summed E-state index contributed by atoms with van der Waals surface area (Å²) in [6, 6.07) is 14.5. The molecule has 5 heteroatoms. The Hall–Kier alpha value is -2.79. The average molecular weight is 345 g/mol. The molecule has 0 fully saturated rings. The first kappa shape index (κ1) is 16.7. The highest BCUT2D eigenvalue weighted by Crippen LogP contribution is 2.24. The summed E-state index contributed by atoms with van der Waals surface area (Å²) in [6.07, 6.45) is 5.63. The van der Waals surface area contributed by atoms with E-state index in [2.05, 4.69) is 49.0 Å². The highest BCUT2D eigenvalue weighted by molar-refractivity contribution is 5.48. The van der Waals surface area contributed by atoms with Crippen LogP contribution in [-0.4, -0.2) is 32.9 Å². The first-order valence-electron chi connectivity index (χ1n) is 9.00. The summed E-state index contributed by atoms with van der Waals surface area (Å²) >= 11 is 0. The lowest BCUT2D eigenvalue weighted by Crippen LogP contribution is -2.31. The van der Waals surface area contributed by atoms with Crippen LogP contribution >= 0.6 is 0 Å². The lowest BCUT2D eigenvalue weighted by Gasteiger charge is -2.23. The zero-order valence-corrected chi connectivity index (χ0v) is 15.0. The average Bonchev–Trinajstić information content (AvgIpc) is 2.82. The van der Waals surface area contributed by atoms with Crippen LogP contribution in [0.3, 0.4) is 0 Å². The molecule has 0 saturated heterocycles. The van der Waals surface area contributed by atoms with Gasteiger partial charge in [0, 0.05) is 62.6 Å². The summed E-state index contributed by atoms with van der Waals surface area (Å²) < 4.78 is 0. The third-order valence-electron chi connectivity index (χ3n) is 4.67. The number of pyridine rings is 3. The van der Waals surface area contributed by atoms with E-state index in [0.717, 1.165) is 49.9 Å². The number of aromatic nitrogens is 3. The van der Waals surface area contributed by atoms with E-state index < -0.39 is 0 Å². The smallest absolute Gasteiger partial charge is 0.133 e. The van der Waals surface area contributed by atoms with Crippen LogP contribution in [0.2, 0.25) is 0 Å². The molecule has 0 aliphatic carbocycles. The van der Waals surface area contributed by atoms with Crippen molar-refractivity contribution in [1.29, 1.82) is 0 Å². The van der Waals surface area contributed by atoms with E-state index in [0.29, 0.717) is 0 Å². The molecule has 0 atom stereocenters. The molecule has 1 aliphatic rings. The van der Waals surface area contributed by atoms with E-state index in [4.69, 9.17) is 0 Å². The lowest BCUT2D eigenvalue weighted by atomic mass is 10.2. The highest BCUT2D eigenvalue weighted by atomic mass is 15.3. The summed E-state index contributed by atoms with van der Waals surface area (Å²) in [6.45, 7) is 6.53. The molecule has 26 heavy (non-hydrogen) atoms. The van der Waals surface area contributed by atoms with Crippen molar-refractivity contribution in [3.8, 4) is 0 Å². The third-order valence-corrected chi connectivity index (χ3v) is 4.67. The fraction of sp³-hybridized carbons (Fsp3) is 0.286. The third kappa shape index (κ3) is 3.89. The Bertz CT molecular complexity index is 865. The Morgan fingerprint density at radius 2 is 1.88 bits per heavy atom. The minimum atomic E-state index is 0.828. The van der Waals surface area contributed by atoms with Crippen molar-refractivity contribution in [3.63, 3.8) is 0 Å². The van der Waals surface area contributed by atoms with Gasteiger partial charge in [0.05, 0.1) is 5.69 Å². The van der Waals surface area contributed by atoms with Crippen molar-refractivity contribution >= 4 is 5.82 Å². The quantitative estimate of drug-likeness (QED) is 0.727. The van der Waals surface area contributed by atoms with Crippen molar-refractivity contribution in [3.05, 3.63) is 83.6 Å². The molecule has 4 heterocycles. The zero-order valence-electron chi connectivity index (χ0n) is 15.0. The van der Waals surface area contributed by atoms with Gasteiger partial charge in [-0.25, -0.2) is 4.98 Å². The van der Waals surface area contributed by atoms with E-state index in [1.807, 2.05) is 43.7 Å². The molecular formula is C21H23N5. The second-order valence-corrected chi connectivity index (χ2v) is 6.75. The molecule has 0 radical (unpaired) electrons. The van der Waals surface area contributed by atoms with Gasteiger partial charge in [0.1, 0.15) is 5.82 Å². The Morgan fingerprint density at radius 1 is 0.962 bits per heavy atom. The normalized spacial score (nSPS) is 14.7. The van der Waals surface area contributed by atoms with E-state index in [1.165, 1.54) is 11.1 Å². The number of anilines is 1. The zero-order chi connectivity index (χ0) is 17.8. The second kappa shape index (κ2) is 7.62. The fourth-order valence-electron chi connectivity index (χ4n) is 3.44. The highest BCUT2D eigenvalue weighted by Gasteiger charge is 2.21. The Labute approximate surface area is 154 Å². The van der Waals surface area contributed by atoms with Crippen LogP contribution in [0.1, 0.15) is 22.5 Å². The van der Waals surface area contributed by atoms with Gasteiger partial charge in [0.2, 0.25) is 0 Å². The van der Waals surface area contributed by atoms with Gasteiger partial charge in [-0.3, -0.25) is 14.9 Å². The number of fused-ring (bicyclic) bond motifs is 1. The SMILES string of the molecule is Cc1cccc(CN2CCN(Cc3cccnc3)c3ncccc3C2)n1. The summed E-state index contributed by atoms with van der Waals surface area (Å²) in [7, 11) is 0. The first-order chi connectivity index (χ1) is 12.8. The summed E-state index contributed by atoms with van der Waals surface area (Å²) in [5.74, 6) is 1.08. The van der Waals surface area contributed by atoms with Crippen molar-refractivity contribution in [1.82, 2.24) is 19.9 Å². The molecule has 5 nitrogen and oxygen atoms in total. The summed E-state index contributed by atoms with van der Waals surface area (Å²) in [5, 5.41) is 0. The minimum Gasteiger partial charge on any atom is -0.351 e. The van der Waals surface area contributed by atoms with Gasteiger partial charge in [0.25, 0.3) is 0 Å². The maximum absolute atomic E-state index is 4.68. The molecule has 132 valence electrons. The minimum absolute atomic E-state index is 0.828. The van der Waals surface area contributed by atoms with Crippen LogP contribution in [0.5, 0.6) is 0 Å². The molecular weight excluding hydrogens is 322 g/mol. The molecule has 0 spiro atoms. The van der Waals surface area contributed by atoms with Gasteiger partial charge in [0.15, 0.2) is 0 Å². The fourth-order valence-corrected chi connectivity index (χ4v) is 3.44. The van der Waals surface area contributed by atoms with Crippen LogP contribution in [0, 0.1) is 6.92 Å². The van der Waals surface area contributed by atoms with Gasteiger partial charge in [-0.15, -0.1) is 0 Å². The molecule has 3 aromatic rings.